The minimum absolute atomic E-state index is 0.597. The summed E-state index contributed by atoms with van der Waals surface area (Å²) in [6.45, 7) is 2.38. The van der Waals surface area contributed by atoms with Crippen molar-refractivity contribution in [2.75, 3.05) is 24.3 Å². The molecule has 2 unspecified atom stereocenters. The highest BCUT2D eigenvalue weighted by Gasteiger charge is 2.30. The minimum atomic E-state index is 0.597. The van der Waals surface area contributed by atoms with E-state index in [0.29, 0.717) is 12.0 Å². The van der Waals surface area contributed by atoms with Crippen LogP contribution in [-0.4, -0.2) is 30.1 Å². The van der Waals surface area contributed by atoms with Gasteiger partial charge in [0.2, 0.25) is 0 Å². The Hall–Kier alpha value is -1.32. The van der Waals surface area contributed by atoms with Crippen molar-refractivity contribution >= 4 is 11.6 Å². The third kappa shape index (κ3) is 2.74. The van der Waals surface area contributed by atoms with E-state index in [1.54, 1.807) is 0 Å². The zero-order valence-corrected chi connectivity index (χ0v) is 12.9. The van der Waals surface area contributed by atoms with Gasteiger partial charge in [-0.1, -0.05) is 19.8 Å². The number of hydrogen-bond acceptors (Lipinski definition) is 4. The molecule has 1 aromatic rings. The lowest BCUT2D eigenvalue weighted by Gasteiger charge is -2.37. The smallest absolute Gasteiger partial charge is 0.136 e. The Bertz CT molecular complexity index is 470. The normalized spacial score (nSPS) is 26.4. The van der Waals surface area contributed by atoms with Gasteiger partial charge < -0.3 is 10.2 Å². The molecular formula is C16H26N4. The monoisotopic (exact) mass is 274 g/mol. The van der Waals surface area contributed by atoms with Crippen LogP contribution < -0.4 is 10.2 Å². The van der Waals surface area contributed by atoms with Gasteiger partial charge in [-0.2, -0.15) is 0 Å². The number of aromatic nitrogens is 2. The summed E-state index contributed by atoms with van der Waals surface area (Å²) in [5.74, 6) is 4.42. The highest BCUT2D eigenvalue weighted by atomic mass is 15.2. The Kier molecular flexibility index (Phi) is 3.81. The van der Waals surface area contributed by atoms with E-state index < -0.39 is 0 Å². The Morgan fingerprint density at radius 3 is 2.55 bits per heavy atom. The van der Waals surface area contributed by atoms with E-state index in [4.69, 9.17) is 4.98 Å². The topological polar surface area (TPSA) is 41.0 Å². The Morgan fingerprint density at radius 1 is 1.15 bits per heavy atom. The van der Waals surface area contributed by atoms with Crippen molar-refractivity contribution in [2.24, 2.45) is 5.92 Å². The van der Waals surface area contributed by atoms with Crippen LogP contribution in [0.15, 0.2) is 6.07 Å². The summed E-state index contributed by atoms with van der Waals surface area (Å²) >= 11 is 0. The molecule has 1 aromatic heterocycles. The van der Waals surface area contributed by atoms with Crippen molar-refractivity contribution in [3.8, 4) is 0 Å². The van der Waals surface area contributed by atoms with Gasteiger partial charge in [0.25, 0.3) is 0 Å². The third-order valence-corrected chi connectivity index (χ3v) is 4.85. The largest absolute Gasteiger partial charge is 0.373 e. The van der Waals surface area contributed by atoms with Gasteiger partial charge >= 0.3 is 0 Å². The van der Waals surface area contributed by atoms with Gasteiger partial charge in [-0.3, -0.25) is 0 Å². The van der Waals surface area contributed by atoms with Crippen molar-refractivity contribution in [1.82, 2.24) is 9.97 Å². The van der Waals surface area contributed by atoms with Crippen LogP contribution in [0.2, 0.25) is 0 Å². The Balaban J connectivity index is 1.85. The second-order valence-corrected chi connectivity index (χ2v) is 6.43. The van der Waals surface area contributed by atoms with Crippen LogP contribution in [0.25, 0.3) is 0 Å². The van der Waals surface area contributed by atoms with Gasteiger partial charge in [0.1, 0.15) is 17.5 Å². The molecule has 110 valence electrons. The van der Waals surface area contributed by atoms with Crippen molar-refractivity contribution in [3.05, 3.63) is 11.9 Å². The Morgan fingerprint density at radius 2 is 1.90 bits per heavy atom. The molecule has 20 heavy (non-hydrogen) atoms. The average Bonchev–Trinajstić information content (AvgIpc) is 3.31. The number of anilines is 2. The van der Waals surface area contributed by atoms with E-state index in [1.165, 1.54) is 38.5 Å². The second-order valence-electron chi connectivity index (χ2n) is 6.43. The molecule has 3 rings (SSSR count). The molecule has 1 N–H and O–H groups in total. The summed E-state index contributed by atoms with van der Waals surface area (Å²) in [6, 6.07) is 2.71. The molecule has 0 radical (unpaired) electrons. The van der Waals surface area contributed by atoms with Gasteiger partial charge in [-0.05, 0) is 31.6 Å². The lowest BCUT2D eigenvalue weighted by molar-refractivity contribution is 0.320. The van der Waals surface area contributed by atoms with Gasteiger partial charge in [0.05, 0.1) is 0 Å². The molecule has 0 aliphatic heterocycles. The fourth-order valence-electron chi connectivity index (χ4n) is 3.33. The first-order chi connectivity index (χ1) is 9.69. The predicted molar refractivity (Wildman–Crippen MR) is 83.4 cm³/mol. The second kappa shape index (κ2) is 5.58. The van der Waals surface area contributed by atoms with Crippen molar-refractivity contribution < 1.29 is 0 Å². The highest BCUT2D eigenvalue weighted by molar-refractivity contribution is 5.50. The molecule has 2 atom stereocenters. The average molecular weight is 274 g/mol. The van der Waals surface area contributed by atoms with Gasteiger partial charge in [0, 0.05) is 32.1 Å². The number of nitrogens with one attached hydrogen (secondary N) is 1. The van der Waals surface area contributed by atoms with Crippen LogP contribution in [0.3, 0.4) is 0 Å². The van der Waals surface area contributed by atoms with E-state index in [9.17, 15) is 0 Å². The zero-order chi connectivity index (χ0) is 14.1. The SMILES string of the molecule is CNc1cc(N(C)C2CCCCC2C)nc(C2CC2)n1. The summed E-state index contributed by atoms with van der Waals surface area (Å²) in [5.41, 5.74) is 0. The molecule has 2 fully saturated rings. The summed E-state index contributed by atoms with van der Waals surface area (Å²) in [4.78, 5) is 11.8. The van der Waals surface area contributed by atoms with Crippen LogP contribution >= 0.6 is 0 Å². The van der Waals surface area contributed by atoms with Crippen molar-refractivity contribution in [1.29, 1.82) is 0 Å². The molecule has 0 aromatic carbocycles. The van der Waals surface area contributed by atoms with Gasteiger partial charge in [-0.15, -0.1) is 0 Å². The molecular weight excluding hydrogens is 248 g/mol. The van der Waals surface area contributed by atoms with Crippen LogP contribution in [0.1, 0.15) is 57.2 Å². The molecule has 2 aliphatic rings. The summed E-state index contributed by atoms with van der Waals surface area (Å²) in [7, 11) is 4.14. The molecule has 1 heterocycles. The van der Waals surface area contributed by atoms with E-state index in [2.05, 4.69) is 35.2 Å². The standard InChI is InChI=1S/C16H26N4/c1-11-6-4-5-7-13(11)20(3)15-10-14(17-2)18-16(19-15)12-8-9-12/h10-13H,4-9H2,1-3H3,(H,17,18,19). The third-order valence-electron chi connectivity index (χ3n) is 4.85. The quantitative estimate of drug-likeness (QED) is 0.913. The maximum Gasteiger partial charge on any atom is 0.136 e. The van der Waals surface area contributed by atoms with Crippen LogP contribution in [0.5, 0.6) is 0 Å². The number of nitrogens with zero attached hydrogens (tertiary/aromatic N) is 3. The van der Waals surface area contributed by atoms with Crippen LogP contribution in [0, 0.1) is 5.92 Å². The molecule has 2 saturated carbocycles. The lowest BCUT2D eigenvalue weighted by atomic mass is 9.85. The fourth-order valence-corrected chi connectivity index (χ4v) is 3.33. The Labute approximate surface area is 122 Å². The van der Waals surface area contributed by atoms with E-state index >= 15 is 0 Å². The first-order valence-corrected chi connectivity index (χ1v) is 7.98. The predicted octanol–water partition coefficient (Wildman–Crippen LogP) is 3.41. The molecule has 0 bridgehead atoms. The molecule has 0 saturated heterocycles. The minimum Gasteiger partial charge on any atom is -0.373 e. The first-order valence-electron chi connectivity index (χ1n) is 7.98. The number of rotatable bonds is 4. The summed E-state index contributed by atoms with van der Waals surface area (Å²) in [5, 5.41) is 3.18. The summed E-state index contributed by atoms with van der Waals surface area (Å²) < 4.78 is 0. The molecule has 4 heteroatoms. The van der Waals surface area contributed by atoms with E-state index in [-0.39, 0.29) is 0 Å². The lowest BCUT2D eigenvalue weighted by Crippen LogP contribution is -2.39. The number of hydrogen-bond donors (Lipinski definition) is 1. The fraction of sp³-hybridized carbons (Fsp3) is 0.750. The first kappa shape index (κ1) is 13.7. The molecule has 0 spiro atoms. The maximum atomic E-state index is 4.83. The van der Waals surface area contributed by atoms with E-state index in [0.717, 1.165) is 23.4 Å². The maximum absolute atomic E-state index is 4.83. The van der Waals surface area contributed by atoms with Gasteiger partial charge in [0.15, 0.2) is 0 Å². The molecule has 4 nitrogen and oxygen atoms in total. The van der Waals surface area contributed by atoms with Gasteiger partial charge in [-0.25, -0.2) is 9.97 Å². The van der Waals surface area contributed by atoms with E-state index in [1.807, 2.05) is 7.05 Å². The zero-order valence-electron chi connectivity index (χ0n) is 12.9. The van der Waals surface area contributed by atoms with Crippen LogP contribution in [-0.2, 0) is 0 Å². The van der Waals surface area contributed by atoms with Crippen molar-refractivity contribution in [2.45, 2.75) is 57.4 Å². The van der Waals surface area contributed by atoms with Crippen molar-refractivity contribution in [3.63, 3.8) is 0 Å². The van der Waals surface area contributed by atoms with Crippen LogP contribution in [0.4, 0.5) is 11.6 Å². The summed E-state index contributed by atoms with van der Waals surface area (Å²) in [6.07, 6.45) is 7.85. The molecule has 2 aliphatic carbocycles. The highest BCUT2D eigenvalue weighted by Crippen LogP contribution is 2.39. The molecule has 0 amide bonds.